The Labute approximate surface area is 82.8 Å². The molecule has 0 aliphatic carbocycles. The summed E-state index contributed by atoms with van der Waals surface area (Å²) in [7, 11) is 1.60. The van der Waals surface area contributed by atoms with Crippen molar-refractivity contribution in [3.8, 4) is 17.3 Å². The molecule has 0 bridgehead atoms. The van der Waals surface area contributed by atoms with Gasteiger partial charge in [0.15, 0.2) is 0 Å². The van der Waals surface area contributed by atoms with E-state index in [2.05, 4.69) is 29.0 Å². The minimum Gasteiger partial charge on any atom is -0.468 e. The van der Waals surface area contributed by atoms with E-state index in [4.69, 9.17) is 4.74 Å². The second kappa shape index (κ2) is 3.54. The number of methoxy groups -OCH3 is 1. The van der Waals surface area contributed by atoms with Gasteiger partial charge in [-0.25, -0.2) is 4.98 Å². The van der Waals surface area contributed by atoms with Crippen molar-refractivity contribution in [1.82, 2.24) is 9.97 Å². The zero-order valence-corrected chi connectivity index (χ0v) is 8.24. The molecule has 72 valence electrons. The van der Waals surface area contributed by atoms with Crippen molar-refractivity contribution < 1.29 is 4.74 Å². The number of aryl methyl sites for hydroxylation is 1. The number of rotatable bonds is 2. The van der Waals surface area contributed by atoms with Crippen molar-refractivity contribution in [3.05, 3.63) is 36.0 Å². The summed E-state index contributed by atoms with van der Waals surface area (Å²) >= 11 is 0. The van der Waals surface area contributed by atoms with Gasteiger partial charge in [-0.3, -0.25) is 0 Å². The first-order valence-corrected chi connectivity index (χ1v) is 4.45. The van der Waals surface area contributed by atoms with E-state index >= 15 is 0 Å². The molecular formula is C11H12N2O. The van der Waals surface area contributed by atoms with Gasteiger partial charge in [-0.1, -0.05) is 23.8 Å². The van der Waals surface area contributed by atoms with E-state index in [0.29, 0.717) is 6.01 Å². The number of benzene rings is 1. The van der Waals surface area contributed by atoms with E-state index in [1.807, 2.05) is 12.1 Å². The molecule has 0 amide bonds. The zero-order chi connectivity index (χ0) is 9.97. The van der Waals surface area contributed by atoms with Crippen LogP contribution in [0.1, 0.15) is 5.56 Å². The highest BCUT2D eigenvalue weighted by Gasteiger charge is 2.02. The molecule has 2 rings (SSSR count). The number of ether oxygens (including phenoxy) is 1. The summed E-state index contributed by atoms with van der Waals surface area (Å²) in [4.78, 5) is 7.14. The predicted molar refractivity (Wildman–Crippen MR) is 55.3 cm³/mol. The Kier molecular flexibility index (Phi) is 2.23. The monoisotopic (exact) mass is 188 g/mol. The fourth-order valence-corrected chi connectivity index (χ4v) is 1.37. The first-order valence-electron chi connectivity index (χ1n) is 4.45. The third-order valence-electron chi connectivity index (χ3n) is 2.07. The molecule has 0 aliphatic heterocycles. The molecule has 0 unspecified atom stereocenters. The summed E-state index contributed by atoms with van der Waals surface area (Å²) in [5.74, 6) is 0. The summed E-state index contributed by atoms with van der Waals surface area (Å²) in [6.07, 6.45) is 1.77. The van der Waals surface area contributed by atoms with Gasteiger partial charge in [0.05, 0.1) is 19.0 Å². The molecule has 0 saturated carbocycles. The maximum Gasteiger partial charge on any atom is 0.293 e. The molecular weight excluding hydrogens is 176 g/mol. The van der Waals surface area contributed by atoms with E-state index < -0.39 is 0 Å². The Morgan fingerprint density at radius 3 is 2.86 bits per heavy atom. The Hall–Kier alpha value is -1.77. The lowest BCUT2D eigenvalue weighted by molar-refractivity contribution is 0.384. The van der Waals surface area contributed by atoms with Gasteiger partial charge in [0.1, 0.15) is 0 Å². The van der Waals surface area contributed by atoms with Crippen LogP contribution in [0.3, 0.4) is 0 Å². The first-order chi connectivity index (χ1) is 6.79. The van der Waals surface area contributed by atoms with Gasteiger partial charge in [0.2, 0.25) is 0 Å². The van der Waals surface area contributed by atoms with Gasteiger partial charge >= 0.3 is 0 Å². The fraction of sp³-hybridized carbons (Fsp3) is 0.182. The molecule has 0 radical (unpaired) electrons. The first kappa shape index (κ1) is 8.81. The summed E-state index contributed by atoms with van der Waals surface area (Å²) in [5, 5.41) is 0. The third-order valence-corrected chi connectivity index (χ3v) is 2.07. The molecule has 0 atom stereocenters. The topological polar surface area (TPSA) is 37.9 Å². The number of nitrogens with one attached hydrogen (secondary N) is 1. The summed E-state index contributed by atoms with van der Waals surface area (Å²) < 4.78 is 4.98. The van der Waals surface area contributed by atoms with Gasteiger partial charge in [0, 0.05) is 0 Å². The van der Waals surface area contributed by atoms with Gasteiger partial charge in [0.25, 0.3) is 6.01 Å². The van der Waals surface area contributed by atoms with E-state index in [0.717, 1.165) is 11.3 Å². The Morgan fingerprint density at radius 1 is 1.36 bits per heavy atom. The van der Waals surface area contributed by atoms with Crippen molar-refractivity contribution in [2.24, 2.45) is 0 Å². The summed E-state index contributed by atoms with van der Waals surface area (Å²) in [6.45, 7) is 2.07. The van der Waals surface area contributed by atoms with Gasteiger partial charge in [-0.15, -0.1) is 0 Å². The lowest BCUT2D eigenvalue weighted by Crippen LogP contribution is -1.84. The minimum atomic E-state index is 0.543. The molecule has 0 aliphatic rings. The van der Waals surface area contributed by atoms with Crippen LogP contribution in [-0.2, 0) is 0 Å². The van der Waals surface area contributed by atoms with E-state index in [1.165, 1.54) is 5.56 Å². The highest BCUT2D eigenvalue weighted by Crippen LogP contribution is 2.19. The Bertz CT molecular complexity index is 434. The van der Waals surface area contributed by atoms with Crippen LogP contribution in [0.25, 0.3) is 11.3 Å². The Balaban J connectivity index is 2.39. The van der Waals surface area contributed by atoms with Crippen molar-refractivity contribution >= 4 is 0 Å². The molecule has 1 aromatic heterocycles. The predicted octanol–water partition coefficient (Wildman–Crippen LogP) is 2.39. The summed E-state index contributed by atoms with van der Waals surface area (Å²) in [5.41, 5.74) is 3.34. The van der Waals surface area contributed by atoms with Gasteiger partial charge in [-0.2, -0.15) is 0 Å². The number of H-pyrrole nitrogens is 1. The molecule has 1 N–H and O–H groups in total. The van der Waals surface area contributed by atoms with Crippen molar-refractivity contribution in [3.63, 3.8) is 0 Å². The van der Waals surface area contributed by atoms with E-state index in [9.17, 15) is 0 Å². The number of hydrogen-bond acceptors (Lipinski definition) is 2. The molecule has 1 heterocycles. The largest absolute Gasteiger partial charge is 0.468 e. The minimum absolute atomic E-state index is 0.543. The molecule has 0 spiro atoms. The van der Waals surface area contributed by atoms with Gasteiger partial charge in [-0.05, 0) is 18.6 Å². The standard InChI is InChI=1S/C11H12N2O/c1-8-4-3-5-9(6-8)10-7-12-11(13-10)14-2/h3-7H,1-2H3,(H,12,13). The number of nitrogens with zero attached hydrogens (tertiary/aromatic N) is 1. The highest BCUT2D eigenvalue weighted by atomic mass is 16.5. The number of aromatic nitrogens is 2. The number of hydrogen-bond donors (Lipinski definition) is 1. The zero-order valence-electron chi connectivity index (χ0n) is 8.24. The molecule has 0 saturated heterocycles. The van der Waals surface area contributed by atoms with Crippen molar-refractivity contribution in [1.29, 1.82) is 0 Å². The molecule has 1 aromatic carbocycles. The molecule has 3 heteroatoms. The third kappa shape index (κ3) is 1.62. The van der Waals surface area contributed by atoms with Crippen LogP contribution in [0.15, 0.2) is 30.5 Å². The van der Waals surface area contributed by atoms with Crippen LogP contribution >= 0.6 is 0 Å². The van der Waals surface area contributed by atoms with Crippen molar-refractivity contribution in [2.75, 3.05) is 7.11 Å². The average Bonchev–Trinajstić information content (AvgIpc) is 2.66. The van der Waals surface area contributed by atoms with Crippen LogP contribution in [0.2, 0.25) is 0 Å². The normalized spacial score (nSPS) is 10.1. The van der Waals surface area contributed by atoms with Gasteiger partial charge < -0.3 is 9.72 Å². The molecule has 0 fully saturated rings. The van der Waals surface area contributed by atoms with E-state index in [-0.39, 0.29) is 0 Å². The highest BCUT2D eigenvalue weighted by molar-refractivity contribution is 5.59. The van der Waals surface area contributed by atoms with Crippen molar-refractivity contribution in [2.45, 2.75) is 6.92 Å². The maximum atomic E-state index is 4.98. The smallest absolute Gasteiger partial charge is 0.293 e. The Morgan fingerprint density at radius 2 is 2.21 bits per heavy atom. The lowest BCUT2D eigenvalue weighted by Gasteiger charge is -1.98. The molecule has 2 aromatic rings. The number of imidazole rings is 1. The van der Waals surface area contributed by atoms with Crippen LogP contribution in [-0.4, -0.2) is 17.1 Å². The van der Waals surface area contributed by atoms with Crippen LogP contribution in [0.5, 0.6) is 6.01 Å². The average molecular weight is 188 g/mol. The lowest BCUT2D eigenvalue weighted by atomic mass is 10.1. The number of aromatic amines is 1. The molecule has 14 heavy (non-hydrogen) atoms. The SMILES string of the molecule is COc1ncc(-c2cccc(C)c2)[nH]1. The summed E-state index contributed by atoms with van der Waals surface area (Å²) in [6, 6.07) is 8.78. The quantitative estimate of drug-likeness (QED) is 0.785. The second-order valence-corrected chi connectivity index (χ2v) is 3.18. The second-order valence-electron chi connectivity index (χ2n) is 3.18. The van der Waals surface area contributed by atoms with Crippen LogP contribution in [0.4, 0.5) is 0 Å². The fourth-order valence-electron chi connectivity index (χ4n) is 1.37. The maximum absolute atomic E-state index is 4.98. The molecule has 3 nitrogen and oxygen atoms in total. The van der Waals surface area contributed by atoms with E-state index in [1.54, 1.807) is 13.3 Å². The van der Waals surface area contributed by atoms with Crippen LogP contribution in [0, 0.1) is 6.92 Å². The van der Waals surface area contributed by atoms with Crippen LogP contribution < -0.4 is 4.74 Å².